The molecule has 3 amide bonds. The molecule has 0 heterocycles. The van der Waals surface area contributed by atoms with Crippen molar-refractivity contribution < 1.29 is 19.1 Å². The van der Waals surface area contributed by atoms with Crippen LogP contribution in [0, 0.1) is 0 Å². The van der Waals surface area contributed by atoms with Crippen molar-refractivity contribution in [3.63, 3.8) is 0 Å². The number of primary amides is 1. The summed E-state index contributed by atoms with van der Waals surface area (Å²) in [6, 6.07) is 8.69. The van der Waals surface area contributed by atoms with E-state index in [1.54, 1.807) is 0 Å². The first-order valence-corrected chi connectivity index (χ1v) is 7.75. The Morgan fingerprint density at radius 2 is 1.79 bits per heavy atom. The van der Waals surface area contributed by atoms with Crippen LogP contribution in [0.5, 0.6) is 0 Å². The Bertz CT molecular complexity index is 536. The summed E-state index contributed by atoms with van der Waals surface area (Å²) in [6.45, 7) is 0.433. The van der Waals surface area contributed by atoms with Crippen LogP contribution in [0.15, 0.2) is 30.3 Å². The molecule has 0 bridgehead atoms. The third kappa shape index (κ3) is 8.74. The normalized spacial score (nSPS) is 11.4. The molecule has 8 nitrogen and oxygen atoms in total. The van der Waals surface area contributed by atoms with Gasteiger partial charge in [-0.1, -0.05) is 30.3 Å². The number of hydrogen-bond donors (Lipinski definition) is 4. The van der Waals surface area contributed by atoms with Crippen molar-refractivity contribution in [2.24, 2.45) is 11.5 Å². The Morgan fingerprint density at radius 1 is 1.08 bits per heavy atom. The van der Waals surface area contributed by atoms with Crippen molar-refractivity contribution in [3.05, 3.63) is 35.9 Å². The number of carbonyl (C=O) groups is 3. The Hall–Kier alpha value is -2.61. The lowest BCUT2D eigenvalue weighted by molar-refractivity contribution is -0.125. The molecule has 0 aliphatic heterocycles. The number of nitrogens with one attached hydrogen (secondary N) is 2. The molecule has 1 aromatic carbocycles. The van der Waals surface area contributed by atoms with Crippen LogP contribution in [0.3, 0.4) is 0 Å². The molecule has 0 saturated heterocycles. The highest BCUT2D eigenvalue weighted by Gasteiger charge is 2.13. The van der Waals surface area contributed by atoms with Crippen LogP contribution in [0.25, 0.3) is 0 Å². The van der Waals surface area contributed by atoms with E-state index in [9.17, 15) is 14.4 Å². The molecule has 0 radical (unpaired) electrons. The minimum atomic E-state index is -0.700. The fraction of sp³-hybridized carbons (Fsp3) is 0.438. The molecule has 0 aliphatic carbocycles. The third-order valence-electron chi connectivity index (χ3n) is 3.20. The highest BCUT2D eigenvalue weighted by Crippen LogP contribution is 2.01. The summed E-state index contributed by atoms with van der Waals surface area (Å²) in [7, 11) is 0. The molecular formula is C16H24N4O4. The molecule has 0 fully saturated rings. The van der Waals surface area contributed by atoms with Gasteiger partial charge < -0.3 is 26.8 Å². The topological polar surface area (TPSA) is 137 Å². The van der Waals surface area contributed by atoms with E-state index in [0.29, 0.717) is 25.8 Å². The number of nitrogens with two attached hydrogens (primary N) is 2. The van der Waals surface area contributed by atoms with E-state index in [1.165, 1.54) is 0 Å². The van der Waals surface area contributed by atoms with Gasteiger partial charge in [0.05, 0.1) is 12.6 Å². The fourth-order valence-electron chi connectivity index (χ4n) is 1.89. The SMILES string of the molecule is NC(=O)CNC(=O)C(N)CCCCNC(=O)OCc1ccccc1. The van der Waals surface area contributed by atoms with Gasteiger partial charge in [-0.3, -0.25) is 9.59 Å². The lowest BCUT2D eigenvalue weighted by atomic mass is 10.1. The maximum absolute atomic E-state index is 11.5. The Labute approximate surface area is 140 Å². The predicted octanol–water partition coefficient (Wildman–Crippen LogP) is 0.0119. The summed E-state index contributed by atoms with van der Waals surface area (Å²) in [6.07, 6.45) is 1.29. The zero-order chi connectivity index (χ0) is 17.8. The van der Waals surface area contributed by atoms with Crippen LogP contribution in [0.4, 0.5) is 4.79 Å². The van der Waals surface area contributed by atoms with Crippen LogP contribution in [0.2, 0.25) is 0 Å². The average molecular weight is 336 g/mol. The van der Waals surface area contributed by atoms with Crippen LogP contribution < -0.4 is 22.1 Å². The second-order valence-corrected chi connectivity index (χ2v) is 5.27. The van der Waals surface area contributed by atoms with E-state index in [2.05, 4.69) is 10.6 Å². The van der Waals surface area contributed by atoms with Gasteiger partial charge in [0.15, 0.2) is 0 Å². The third-order valence-corrected chi connectivity index (χ3v) is 3.20. The van der Waals surface area contributed by atoms with Crippen molar-refractivity contribution >= 4 is 17.9 Å². The first-order valence-electron chi connectivity index (χ1n) is 7.75. The smallest absolute Gasteiger partial charge is 0.407 e. The maximum Gasteiger partial charge on any atom is 0.407 e. The van der Waals surface area contributed by atoms with Crippen molar-refractivity contribution in [1.82, 2.24) is 10.6 Å². The summed E-state index contributed by atoms with van der Waals surface area (Å²) in [5, 5.41) is 4.98. The molecule has 1 aromatic rings. The molecule has 0 spiro atoms. The van der Waals surface area contributed by atoms with E-state index >= 15 is 0 Å². The number of alkyl carbamates (subject to hydrolysis) is 1. The van der Waals surface area contributed by atoms with E-state index in [4.69, 9.17) is 16.2 Å². The second kappa shape index (κ2) is 11.0. The van der Waals surface area contributed by atoms with E-state index < -0.39 is 23.9 Å². The predicted molar refractivity (Wildman–Crippen MR) is 88.7 cm³/mol. The first kappa shape index (κ1) is 19.4. The van der Waals surface area contributed by atoms with Gasteiger partial charge >= 0.3 is 6.09 Å². The molecule has 1 atom stereocenters. The summed E-state index contributed by atoms with van der Waals surface area (Å²) < 4.78 is 5.07. The van der Waals surface area contributed by atoms with Crippen molar-refractivity contribution in [1.29, 1.82) is 0 Å². The van der Waals surface area contributed by atoms with Gasteiger partial charge in [0.1, 0.15) is 6.61 Å². The van der Waals surface area contributed by atoms with Gasteiger partial charge in [-0.2, -0.15) is 0 Å². The zero-order valence-electron chi connectivity index (χ0n) is 13.5. The van der Waals surface area contributed by atoms with Gasteiger partial charge in [0.25, 0.3) is 0 Å². The molecule has 1 unspecified atom stereocenters. The van der Waals surface area contributed by atoms with Crippen molar-refractivity contribution in [2.45, 2.75) is 31.9 Å². The molecule has 0 aliphatic rings. The minimum absolute atomic E-state index is 0.220. The molecule has 132 valence electrons. The Morgan fingerprint density at radius 3 is 2.46 bits per heavy atom. The minimum Gasteiger partial charge on any atom is -0.445 e. The van der Waals surface area contributed by atoms with Crippen LogP contribution in [-0.2, 0) is 20.9 Å². The van der Waals surface area contributed by atoms with Gasteiger partial charge in [0.2, 0.25) is 11.8 Å². The number of carbonyl (C=O) groups excluding carboxylic acids is 3. The lowest BCUT2D eigenvalue weighted by Gasteiger charge is -2.11. The van der Waals surface area contributed by atoms with Crippen LogP contribution >= 0.6 is 0 Å². The number of unbranched alkanes of at least 4 members (excludes halogenated alkanes) is 1. The molecule has 0 aromatic heterocycles. The average Bonchev–Trinajstić information content (AvgIpc) is 2.58. The summed E-state index contributed by atoms with van der Waals surface area (Å²) in [4.78, 5) is 33.6. The number of ether oxygens (including phenoxy) is 1. The van der Waals surface area contributed by atoms with E-state index in [0.717, 1.165) is 5.56 Å². The standard InChI is InChI=1S/C16H24N4O4/c17-13(15(22)20-10-14(18)21)8-4-5-9-19-16(23)24-11-12-6-2-1-3-7-12/h1-3,6-7,13H,4-5,8-11,17H2,(H2,18,21)(H,19,23)(H,20,22). The number of amides is 3. The van der Waals surface area contributed by atoms with Gasteiger partial charge in [0, 0.05) is 6.54 Å². The van der Waals surface area contributed by atoms with Gasteiger partial charge in [-0.05, 0) is 24.8 Å². The lowest BCUT2D eigenvalue weighted by Crippen LogP contribution is -2.43. The number of hydrogen-bond acceptors (Lipinski definition) is 5. The summed E-state index contributed by atoms with van der Waals surface area (Å²) in [5.41, 5.74) is 11.5. The van der Waals surface area contributed by atoms with Gasteiger partial charge in [-0.25, -0.2) is 4.79 Å². The Balaban J connectivity index is 2.05. The van der Waals surface area contributed by atoms with E-state index in [-0.39, 0.29) is 13.2 Å². The van der Waals surface area contributed by atoms with Crippen LogP contribution in [-0.4, -0.2) is 37.0 Å². The summed E-state index contributed by atoms with van der Waals surface area (Å²) >= 11 is 0. The maximum atomic E-state index is 11.5. The molecule has 24 heavy (non-hydrogen) atoms. The molecule has 1 rings (SSSR count). The second-order valence-electron chi connectivity index (χ2n) is 5.27. The molecule has 6 N–H and O–H groups in total. The monoisotopic (exact) mass is 336 g/mol. The fourth-order valence-corrected chi connectivity index (χ4v) is 1.89. The quantitative estimate of drug-likeness (QED) is 0.446. The van der Waals surface area contributed by atoms with Crippen molar-refractivity contribution in [3.8, 4) is 0 Å². The largest absolute Gasteiger partial charge is 0.445 e. The molecule has 8 heteroatoms. The zero-order valence-corrected chi connectivity index (χ0v) is 13.5. The molecular weight excluding hydrogens is 312 g/mol. The van der Waals surface area contributed by atoms with E-state index in [1.807, 2.05) is 30.3 Å². The highest BCUT2D eigenvalue weighted by atomic mass is 16.5. The first-order chi connectivity index (χ1) is 11.5. The van der Waals surface area contributed by atoms with Gasteiger partial charge in [-0.15, -0.1) is 0 Å². The number of benzene rings is 1. The van der Waals surface area contributed by atoms with Crippen molar-refractivity contribution in [2.75, 3.05) is 13.1 Å². The number of rotatable bonds is 10. The highest BCUT2D eigenvalue weighted by molar-refractivity contribution is 5.86. The Kier molecular flexibility index (Phi) is 8.91. The summed E-state index contributed by atoms with van der Waals surface area (Å²) in [5.74, 6) is -1.03. The van der Waals surface area contributed by atoms with Crippen LogP contribution in [0.1, 0.15) is 24.8 Å². The molecule has 0 saturated carbocycles.